The fourth-order valence-electron chi connectivity index (χ4n) is 5.55. The van der Waals surface area contributed by atoms with Crippen molar-refractivity contribution in [2.75, 3.05) is 13.1 Å². The molecule has 0 unspecified atom stereocenters. The lowest BCUT2D eigenvalue weighted by Crippen LogP contribution is -2.14. The fourth-order valence-corrected chi connectivity index (χ4v) is 5.55. The maximum absolute atomic E-state index is 4.60. The SMILES string of the molecule is c1cc(-c2cnc([C@@H]3CCCN3)[nH]2)ccc1-c1ccc(-c2ccc(-c3cnc([C@@H]4CCCN4)[nH]3)cc2)[nH]1. The van der Waals surface area contributed by atoms with Crippen molar-refractivity contribution in [3.05, 3.63) is 84.7 Å². The summed E-state index contributed by atoms with van der Waals surface area (Å²) in [6.07, 6.45) is 8.59. The Morgan fingerprint density at radius 2 is 0.892 bits per heavy atom. The standard InChI is InChI=1S/C30H31N7/c1-3-25(31-15-1)29-33-17-27(36-29)21-9-5-19(6-10-21)23-13-14-24(35-23)20-7-11-22(12-8-20)28-18-34-30(37-28)26-4-2-16-32-26/h5-14,17-18,25-26,31-32,35H,1-4,15-16H2,(H,33,36)(H,34,37)/t25-,26-/m0/s1. The van der Waals surface area contributed by atoms with E-state index < -0.39 is 0 Å². The minimum atomic E-state index is 0.352. The predicted molar refractivity (Wildman–Crippen MR) is 147 cm³/mol. The molecule has 2 aliphatic heterocycles. The molecule has 7 nitrogen and oxygen atoms in total. The van der Waals surface area contributed by atoms with Crippen molar-refractivity contribution < 1.29 is 0 Å². The second-order valence-electron chi connectivity index (χ2n) is 10.1. The minimum absolute atomic E-state index is 0.352. The molecule has 7 rings (SSSR count). The van der Waals surface area contributed by atoms with Crippen molar-refractivity contribution in [3.63, 3.8) is 0 Å². The zero-order valence-electron chi connectivity index (χ0n) is 20.7. The molecule has 0 radical (unpaired) electrons. The zero-order valence-corrected chi connectivity index (χ0v) is 20.7. The lowest BCUT2D eigenvalue weighted by molar-refractivity contribution is 0.613. The van der Waals surface area contributed by atoms with Gasteiger partial charge in [0.1, 0.15) is 11.6 Å². The highest BCUT2D eigenvalue weighted by Gasteiger charge is 2.20. The van der Waals surface area contributed by atoms with E-state index in [1.54, 1.807) is 0 Å². The molecule has 5 aromatic rings. The smallest absolute Gasteiger partial charge is 0.123 e. The molecule has 7 heteroatoms. The van der Waals surface area contributed by atoms with Crippen LogP contribution in [0.5, 0.6) is 0 Å². The number of nitrogens with zero attached hydrogens (tertiary/aromatic N) is 2. The van der Waals surface area contributed by atoms with Crippen LogP contribution < -0.4 is 10.6 Å². The molecule has 2 aliphatic rings. The summed E-state index contributed by atoms with van der Waals surface area (Å²) in [6, 6.07) is 22.3. The van der Waals surface area contributed by atoms with E-state index in [4.69, 9.17) is 0 Å². The molecule has 0 saturated carbocycles. The average molecular weight is 490 g/mol. The largest absolute Gasteiger partial charge is 0.355 e. The maximum atomic E-state index is 4.60. The first-order valence-electron chi connectivity index (χ1n) is 13.3. The third-order valence-corrected chi connectivity index (χ3v) is 7.67. The van der Waals surface area contributed by atoms with Gasteiger partial charge in [0.15, 0.2) is 0 Å². The normalized spacial score (nSPS) is 19.6. The number of hydrogen-bond acceptors (Lipinski definition) is 4. The Morgan fingerprint density at radius 1 is 0.486 bits per heavy atom. The Hall–Kier alpha value is -3.94. The van der Waals surface area contributed by atoms with Gasteiger partial charge in [-0.05, 0) is 73.2 Å². The maximum Gasteiger partial charge on any atom is 0.123 e. The van der Waals surface area contributed by atoms with Crippen LogP contribution in [0.2, 0.25) is 0 Å². The van der Waals surface area contributed by atoms with Gasteiger partial charge in [-0.2, -0.15) is 0 Å². The van der Waals surface area contributed by atoms with Crippen LogP contribution in [-0.2, 0) is 0 Å². The number of benzene rings is 2. The highest BCUT2D eigenvalue weighted by atomic mass is 15.0. The molecule has 2 fully saturated rings. The second kappa shape index (κ2) is 9.50. The summed E-state index contributed by atoms with van der Waals surface area (Å²) in [4.78, 5) is 19.8. The minimum Gasteiger partial charge on any atom is -0.355 e. The third kappa shape index (κ3) is 4.41. The average Bonchev–Trinajstić information content (AvgIpc) is 3.77. The number of H-pyrrole nitrogens is 3. The molecule has 186 valence electrons. The molecule has 0 spiro atoms. The summed E-state index contributed by atoms with van der Waals surface area (Å²) >= 11 is 0. The van der Waals surface area contributed by atoms with Crippen LogP contribution >= 0.6 is 0 Å². The quantitative estimate of drug-likeness (QED) is 0.203. The molecular weight excluding hydrogens is 458 g/mol. The Morgan fingerprint density at radius 3 is 1.27 bits per heavy atom. The summed E-state index contributed by atoms with van der Waals surface area (Å²) < 4.78 is 0. The number of rotatable bonds is 6. The van der Waals surface area contributed by atoms with Crippen molar-refractivity contribution in [1.29, 1.82) is 0 Å². The van der Waals surface area contributed by atoms with E-state index in [-0.39, 0.29) is 0 Å². The van der Waals surface area contributed by atoms with Crippen LogP contribution in [0.4, 0.5) is 0 Å². The van der Waals surface area contributed by atoms with Crippen LogP contribution in [-0.4, -0.2) is 38.0 Å². The van der Waals surface area contributed by atoms with E-state index in [1.165, 1.54) is 12.8 Å². The Balaban J connectivity index is 1.05. The van der Waals surface area contributed by atoms with Crippen LogP contribution in [0.25, 0.3) is 45.0 Å². The first-order valence-corrected chi connectivity index (χ1v) is 13.3. The van der Waals surface area contributed by atoms with Gasteiger partial charge in [0.25, 0.3) is 0 Å². The van der Waals surface area contributed by atoms with Crippen LogP contribution in [0.1, 0.15) is 49.4 Å². The van der Waals surface area contributed by atoms with Gasteiger partial charge in [-0.3, -0.25) is 0 Å². The van der Waals surface area contributed by atoms with Crippen molar-refractivity contribution >= 4 is 0 Å². The van der Waals surface area contributed by atoms with Gasteiger partial charge in [-0.15, -0.1) is 0 Å². The summed E-state index contributed by atoms with van der Waals surface area (Å²) in [5.74, 6) is 2.07. The van der Waals surface area contributed by atoms with Gasteiger partial charge in [-0.1, -0.05) is 48.5 Å². The molecular formula is C30H31N7. The van der Waals surface area contributed by atoms with Crippen LogP contribution in [0.3, 0.4) is 0 Å². The highest BCUT2D eigenvalue weighted by Crippen LogP contribution is 2.30. The lowest BCUT2D eigenvalue weighted by atomic mass is 10.1. The summed E-state index contributed by atoms with van der Waals surface area (Å²) in [5, 5.41) is 7.00. The lowest BCUT2D eigenvalue weighted by Gasteiger charge is -2.06. The van der Waals surface area contributed by atoms with E-state index >= 15 is 0 Å². The molecule has 0 amide bonds. The Kier molecular flexibility index (Phi) is 5.72. The number of aromatic nitrogens is 5. The summed E-state index contributed by atoms with van der Waals surface area (Å²) in [7, 11) is 0. The van der Waals surface area contributed by atoms with Crippen molar-refractivity contribution in [2.24, 2.45) is 0 Å². The van der Waals surface area contributed by atoms with Crippen LogP contribution in [0.15, 0.2) is 73.1 Å². The predicted octanol–water partition coefficient (Wildman–Crippen LogP) is 5.98. The molecule has 2 aromatic carbocycles. The van der Waals surface area contributed by atoms with E-state index in [0.717, 1.165) is 82.6 Å². The monoisotopic (exact) mass is 489 g/mol. The van der Waals surface area contributed by atoms with Gasteiger partial charge in [0, 0.05) is 11.4 Å². The number of imidazole rings is 2. The number of nitrogens with one attached hydrogen (secondary N) is 5. The molecule has 5 heterocycles. The molecule has 0 bridgehead atoms. The Bertz CT molecular complexity index is 1370. The molecule has 2 saturated heterocycles. The fraction of sp³-hybridized carbons (Fsp3) is 0.267. The van der Waals surface area contributed by atoms with Gasteiger partial charge >= 0.3 is 0 Å². The topological polar surface area (TPSA) is 97.2 Å². The van der Waals surface area contributed by atoms with Crippen molar-refractivity contribution in [3.8, 4) is 45.0 Å². The van der Waals surface area contributed by atoms with Crippen molar-refractivity contribution in [1.82, 2.24) is 35.6 Å². The second-order valence-corrected chi connectivity index (χ2v) is 10.1. The van der Waals surface area contributed by atoms with Gasteiger partial charge in [-0.25, -0.2) is 9.97 Å². The molecule has 0 aliphatic carbocycles. The highest BCUT2D eigenvalue weighted by molar-refractivity contribution is 5.72. The molecule has 37 heavy (non-hydrogen) atoms. The van der Waals surface area contributed by atoms with E-state index in [9.17, 15) is 0 Å². The molecule has 3 aromatic heterocycles. The van der Waals surface area contributed by atoms with E-state index in [2.05, 4.69) is 96.2 Å². The summed E-state index contributed by atoms with van der Waals surface area (Å²) in [6.45, 7) is 2.14. The first-order chi connectivity index (χ1) is 18.3. The number of hydrogen-bond donors (Lipinski definition) is 5. The van der Waals surface area contributed by atoms with Gasteiger partial charge in [0.05, 0.1) is 35.9 Å². The third-order valence-electron chi connectivity index (χ3n) is 7.67. The van der Waals surface area contributed by atoms with Gasteiger partial charge < -0.3 is 25.6 Å². The number of aromatic amines is 3. The van der Waals surface area contributed by atoms with Crippen molar-refractivity contribution in [2.45, 2.75) is 37.8 Å². The zero-order chi connectivity index (χ0) is 24.6. The van der Waals surface area contributed by atoms with Gasteiger partial charge in [0.2, 0.25) is 0 Å². The van der Waals surface area contributed by atoms with Crippen LogP contribution in [0, 0.1) is 0 Å². The Labute approximate surface area is 216 Å². The first kappa shape index (κ1) is 22.3. The molecule has 2 atom stereocenters. The summed E-state index contributed by atoms with van der Waals surface area (Å²) in [5.41, 5.74) is 8.95. The molecule has 5 N–H and O–H groups in total. The van der Waals surface area contributed by atoms with E-state index in [1.807, 2.05) is 12.4 Å². The van der Waals surface area contributed by atoms with E-state index in [0.29, 0.717) is 12.1 Å².